The van der Waals surface area contributed by atoms with E-state index in [2.05, 4.69) is 24.1 Å². The van der Waals surface area contributed by atoms with Crippen molar-refractivity contribution in [2.45, 2.75) is 20.8 Å². The van der Waals surface area contributed by atoms with E-state index in [9.17, 15) is 14.9 Å². The van der Waals surface area contributed by atoms with Gasteiger partial charge in [0.05, 0.1) is 10.6 Å². The fraction of sp³-hybridized carbons (Fsp3) is 0.500. The van der Waals surface area contributed by atoms with Gasteiger partial charge in [-0.2, -0.15) is 0 Å². The highest BCUT2D eigenvalue weighted by molar-refractivity contribution is 5.90. The monoisotopic (exact) mass is 295 g/mol. The molecule has 0 aromatic heterocycles. The molecule has 0 radical (unpaired) electrons. The van der Waals surface area contributed by atoms with Gasteiger partial charge in [0.2, 0.25) is 5.91 Å². The van der Waals surface area contributed by atoms with Crippen molar-refractivity contribution >= 4 is 17.3 Å². The molecule has 0 atom stereocenters. The van der Waals surface area contributed by atoms with E-state index in [1.165, 1.54) is 25.1 Å². The largest absolute Gasteiger partial charge is 0.490 e. The van der Waals surface area contributed by atoms with Gasteiger partial charge >= 0.3 is 0 Å². The Labute approximate surface area is 124 Å². The minimum Gasteiger partial charge on any atom is -0.490 e. The smallest absolute Gasteiger partial charge is 0.271 e. The third kappa shape index (κ3) is 5.39. The maximum atomic E-state index is 11.2. The highest BCUT2D eigenvalue weighted by Crippen LogP contribution is 2.29. The number of amides is 1. The molecule has 7 nitrogen and oxygen atoms in total. The van der Waals surface area contributed by atoms with Crippen LogP contribution in [0.1, 0.15) is 20.8 Å². The minimum atomic E-state index is -0.509. The van der Waals surface area contributed by atoms with Crippen LogP contribution >= 0.6 is 0 Å². The van der Waals surface area contributed by atoms with Crippen LogP contribution in [0.25, 0.3) is 0 Å². The first-order valence-electron chi connectivity index (χ1n) is 6.89. The summed E-state index contributed by atoms with van der Waals surface area (Å²) in [5.41, 5.74) is 0.228. The van der Waals surface area contributed by atoms with E-state index in [4.69, 9.17) is 4.74 Å². The van der Waals surface area contributed by atoms with Crippen LogP contribution in [-0.4, -0.2) is 42.0 Å². The van der Waals surface area contributed by atoms with Crippen molar-refractivity contribution in [2.24, 2.45) is 0 Å². The Kier molecular flexibility index (Phi) is 6.61. The Bertz CT molecular complexity index is 501. The number of benzene rings is 1. The molecular formula is C14H21N3O4. The van der Waals surface area contributed by atoms with E-state index in [0.29, 0.717) is 18.0 Å². The predicted molar refractivity (Wildman–Crippen MR) is 80.7 cm³/mol. The van der Waals surface area contributed by atoms with Gasteiger partial charge in [-0.25, -0.2) is 0 Å². The number of carbonyl (C=O) groups excluding carboxylic acids is 1. The molecule has 0 spiro atoms. The van der Waals surface area contributed by atoms with Crippen LogP contribution in [0.4, 0.5) is 11.4 Å². The van der Waals surface area contributed by atoms with Gasteiger partial charge in [0.25, 0.3) is 5.69 Å². The van der Waals surface area contributed by atoms with E-state index in [0.717, 1.165) is 19.6 Å². The van der Waals surface area contributed by atoms with Crippen LogP contribution in [0.5, 0.6) is 5.75 Å². The SMILES string of the molecule is CCN(CC)CCOc1ccc([N+](=O)[O-])cc1NC(C)=O. The predicted octanol–water partition coefficient (Wildman–Crippen LogP) is 2.27. The molecule has 116 valence electrons. The van der Waals surface area contributed by atoms with Crippen LogP contribution in [0.15, 0.2) is 18.2 Å². The van der Waals surface area contributed by atoms with E-state index in [1.807, 2.05) is 0 Å². The Balaban J connectivity index is 2.80. The lowest BCUT2D eigenvalue weighted by atomic mass is 10.2. The molecule has 0 unspecified atom stereocenters. The number of nitrogens with zero attached hydrogens (tertiary/aromatic N) is 2. The number of hydrogen-bond acceptors (Lipinski definition) is 5. The average Bonchev–Trinajstić information content (AvgIpc) is 2.44. The zero-order chi connectivity index (χ0) is 15.8. The number of hydrogen-bond donors (Lipinski definition) is 1. The molecule has 0 aliphatic carbocycles. The Morgan fingerprint density at radius 3 is 2.57 bits per heavy atom. The van der Waals surface area contributed by atoms with Crippen molar-refractivity contribution in [1.82, 2.24) is 4.90 Å². The molecule has 21 heavy (non-hydrogen) atoms. The summed E-state index contributed by atoms with van der Waals surface area (Å²) in [7, 11) is 0. The topological polar surface area (TPSA) is 84.7 Å². The lowest BCUT2D eigenvalue weighted by molar-refractivity contribution is -0.384. The summed E-state index contributed by atoms with van der Waals surface area (Å²) in [6.45, 7) is 8.54. The highest BCUT2D eigenvalue weighted by atomic mass is 16.6. The average molecular weight is 295 g/mol. The summed E-state index contributed by atoms with van der Waals surface area (Å²) in [5, 5.41) is 13.3. The first-order valence-corrected chi connectivity index (χ1v) is 6.89. The number of nitro benzene ring substituents is 1. The molecule has 0 heterocycles. The molecule has 0 saturated carbocycles. The van der Waals surface area contributed by atoms with E-state index in [1.54, 1.807) is 0 Å². The molecule has 1 N–H and O–H groups in total. The molecule has 0 aliphatic rings. The number of anilines is 1. The summed E-state index contributed by atoms with van der Waals surface area (Å²) < 4.78 is 5.63. The Morgan fingerprint density at radius 2 is 2.05 bits per heavy atom. The molecule has 1 aromatic rings. The second-order valence-corrected chi connectivity index (χ2v) is 4.49. The number of non-ortho nitro benzene ring substituents is 1. The number of rotatable bonds is 8. The first-order chi connectivity index (χ1) is 9.97. The van der Waals surface area contributed by atoms with Gasteiger partial charge in [0.1, 0.15) is 12.4 Å². The van der Waals surface area contributed by atoms with Gasteiger partial charge in [0.15, 0.2) is 0 Å². The molecule has 0 aliphatic heterocycles. The molecule has 1 rings (SSSR count). The molecule has 0 fully saturated rings. The van der Waals surface area contributed by atoms with Crippen LogP contribution < -0.4 is 10.1 Å². The molecule has 0 saturated heterocycles. The van der Waals surface area contributed by atoms with E-state index >= 15 is 0 Å². The number of likely N-dealkylation sites (N-methyl/N-ethyl adjacent to an activating group) is 1. The van der Waals surface area contributed by atoms with E-state index in [-0.39, 0.29) is 11.6 Å². The van der Waals surface area contributed by atoms with Crippen LogP contribution in [-0.2, 0) is 4.79 Å². The fourth-order valence-corrected chi connectivity index (χ4v) is 1.87. The van der Waals surface area contributed by atoms with Gasteiger partial charge in [0, 0.05) is 25.6 Å². The number of carbonyl (C=O) groups is 1. The second kappa shape index (κ2) is 8.21. The maximum absolute atomic E-state index is 11.2. The minimum absolute atomic E-state index is 0.0881. The fourth-order valence-electron chi connectivity index (χ4n) is 1.87. The van der Waals surface area contributed by atoms with Gasteiger partial charge in [-0.1, -0.05) is 13.8 Å². The standard InChI is InChI=1S/C14H21N3O4/c1-4-16(5-2)8-9-21-14-7-6-12(17(19)20)10-13(14)15-11(3)18/h6-7,10H,4-5,8-9H2,1-3H3,(H,15,18). The zero-order valence-electron chi connectivity index (χ0n) is 12.6. The van der Waals surface area contributed by atoms with Crippen LogP contribution in [0.3, 0.4) is 0 Å². The first kappa shape index (κ1) is 16.9. The summed E-state index contributed by atoms with van der Waals surface area (Å²) in [6, 6.07) is 4.16. The van der Waals surface area contributed by atoms with Crippen molar-refractivity contribution in [3.8, 4) is 5.75 Å². The summed E-state index contributed by atoms with van der Waals surface area (Å²) >= 11 is 0. The number of nitrogens with one attached hydrogen (secondary N) is 1. The lowest BCUT2D eigenvalue weighted by Crippen LogP contribution is -2.28. The number of nitro groups is 1. The molecule has 7 heteroatoms. The maximum Gasteiger partial charge on any atom is 0.271 e. The number of ether oxygens (including phenoxy) is 1. The Hall–Kier alpha value is -2.15. The Morgan fingerprint density at radius 1 is 1.38 bits per heavy atom. The van der Waals surface area contributed by atoms with Crippen molar-refractivity contribution < 1.29 is 14.5 Å². The van der Waals surface area contributed by atoms with Gasteiger partial charge in [-0.15, -0.1) is 0 Å². The van der Waals surface area contributed by atoms with Gasteiger partial charge < -0.3 is 15.0 Å². The normalized spacial score (nSPS) is 10.5. The highest BCUT2D eigenvalue weighted by Gasteiger charge is 2.13. The molecule has 1 amide bonds. The summed E-state index contributed by atoms with van der Waals surface area (Å²) in [6.07, 6.45) is 0. The van der Waals surface area contributed by atoms with Crippen molar-refractivity contribution in [3.05, 3.63) is 28.3 Å². The van der Waals surface area contributed by atoms with Crippen LogP contribution in [0.2, 0.25) is 0 Å². The molecule has 0 bridgehead atoms. The van der Waals surface area contributed by atoms with Crippen LogP contribution in [0, 0.1) is 10.1 Å². The third-order valence-corrected chi connectivity index (χ3v) is 3.04. The summed E-state index contributed by atoms with van der Waals surface area (Å²) in [4.78, 5) is 23.6. The molecular weight excluding hydrogens is 274 g/mol. The zero-order valence-corrected chi connectivity index (χ0v) is 12.6. The van der Waals surface area contributed by atoms with Gasteiger partial charge in [-0.05, 0) is 19.2 Å². The van der Waals surface area contributed by atoms with E-state index < -0.39 is 4.92 Å². The quantitative estimate of drug-likeness (QED) is 0.587. The summed E-state index contributed by atoms with van der Waals surface area (Å²) in [5.74, 6) is 0.132. The molecule has 1 aromatic carbocycles. The van der Waals surface area contributed by atoms with Gasteiger partial charge in [-0.3, -0.25) is 14.9 Å². The van der Waals surface area contributed by atoms with Crippen molar-refractivity contribution in [2.75, 3.05) is 31.6 Å². The second-order valence-electron chi connectivity index (χ2n) is 4.49. The lowest BCUT2D eigenvalue weighted by Gasteiger charge is -2.18. The van der Waals surface area contributed by atoms with Crippen molar-refractivity contribution in [3.63, 3.8) is 0 Å². The van der Waals surface area contributed by atoms with Crippen molar-refractivity contribution in [1.29, 1.82) is 0 Å². The third-order valence-electron chi connectivity index (χ3n) is 3.04.